The van der Waals surface area contributed by atoms with Crippen LogP contribution in [0.5, 0.6) is 0 Å². The Labute approximate surface area is 175 Å². The van der Waals surface area contributed by atoms with Crippen LogP contribution in [0.25, 0.3) is 0 Å². The van der Waals surface area contributed by atoms with E-state index in [2.05, 4.69) is 4.98 Å². The molecule has 1 aromatic heterocycles. The maximum atomic E-state index is 14.5. The smallest absolute Gasteiger partial charge is 0.274 e. The molecule has 3 aromatic rings. The van der Waals surface area contributed by atoms with Gasteiger partial charge in [-0.2, -0.15) is 0 Å². The number of carbonyl (C=O) groups is 1. The number of hydroxylamine groups is 1. The van der Waals surface area contributed by atoms with Gasteiger partial charge in [0.1, 0.15) is 17.5 Å². The predicted octanol–water partition coefficient (Wildman–Crippen LogP) is 4.37. The Hall–Kier alpha value is -2.88. The summed E-state index contributed by atoms with van der Waals surface area (Å²) in [5.41, 5.74) is 2.68. The number of pyridine rings is 1. The van der Waals surface area contributed by atoms with Crippen LogP contribution in [0.2, 0.25) is 0 Å². The SMILES string of the molecule is O=C(NO)c1ccc(CN(CCc2cccnc2)Sc2cc(F)cc(F)c2)c(F)c1. The fourth-order valence-corrected chi connectivity index (χ4v) is 3.77. The van der Waals surface area contributed by atoms with E-state index in [-0.39, 0.29) is 12.1 Å². The van der Waals surface area contributed by atoms with E-state index in [1.165, 1.54) is 29.7 Å². The second kappa shape index (κ2) is 10.2. The van der Waals surface area contributed by atoms with E-state index in [4.69, 9.17) is 5.21 Å². The summed E-state index contributed by atoms with van der Waals surface area (Å²) in [5, 5.41) is 8.68. The monoisotopic (exact) mass is 433 g/mol. The van der Waals surface area contributed by atoms with Crippen LogP contribution in [0.3, 0.4) is 0 Å². The van der Waals surface area contributed by atoms with Crippen LogP contribution >= 0.6 is 11.9 Å². The summed E-state index contributed by atoms with van der Waals surface area (Å²) >= 11 is 1.10. The first-order chi connectivity index (χ1) is 14.4. The van der Waals surface area contributed by atoms with E-state index in [0.29, 0.717) is 23.4 Å². The maximum absolute atomic E-state index is 14.5. The molecule has 9 heteroatoms. The van der Waals surface area contributed by atoms with Crippen molar-refractivity contribution in [2.45, 2.75) is 17.9 Å². The molecule has 5 nitrogen and oxygen atoms in total. The molecule has 0 saturated heterocycles. The third kappa shape index (κ3) is 6.06. The van der Waals surface area contributed by atoms with Gasteiger partial charge >= 0.3 is 0 Å². The van der Waals surface area contributed by atoms with Gasteiger partial charge in [-0.3, -0.25) is 15.0 Å². The van der Waals surface area contributed by atoms with Crippen molar-refractivity contribution in [3.05, 3.63) is 95.1 Å². The second-order valence-electron chi connectivity index (χ2n) is 6.42. The highest BCUT2D eigenvalue weighted by Crippen LogP contribution is 2.27. The van der Waals surface area contributed by atoms with Gasteiger partial charge in [-0.15, -0.1) is 0 Å². The van der Waals surface area contributed by atoms with Crippen molar-refractivity contribution in [1.29, 1.82) is 0 Å². The molecule has 2 aromatic carbocycles. The standard InChI is InChI=1S/C21H18F3N3O2S/c22-17-9-18(23)11-19(10-17)30-27(7-5-14-2-1-6-25-12-14)13-16-4-3-15(8-20(16)24)21(28)26-29/h1-4,6,8-12,29H,5,7,13H2,(H,26,28). The Morgan fingerprint density at radius 3 is 2.50 bits per heavy atom. The van der Waals surface area contributed by atoms with E-state index in [1.54, 1.807) is 22.8 Å². The zero-order valence-corrected chi connectivity index (χ0v) is 16.5. The summed E-state index contributed by atoms with van der Waals surface area (Å²) in [7, 11) is 0. The van der Waals surface area contributed by atoms with E-state index in [0.717, 1.165) is 29.6 Å². The van der Waals surface area contributed by atoms with Crippen LogP contribution in [0, 0.1) is 17.5 Å². The fourth-order valence-electron chi connectivity index (χ4n) is 2.76. The first kappa shape index (κ1) is 21.8. The van der Waals surface area contributed by atoms with Crippen LogP contribution in [0.1, 0.15) is 21.5 Å². The van der Waals surface area contributed by atoms with Gasteiger partial charge in [0.2, 0.25) is 0 Å². The van der Waals surface area contributed by atoms with Crippen molar-refractivity contribution in [2.75, 3.05) is 6.54 Å². The summed E-state index contributed by atoms with van der Waals surface area (Å²) in [5.74, 6) is -2.85. The highest BCUT2D eigenvalue weighted by Gasteiger charge is 2.15. The summed E-state index contributed by atoms with van der Waals surface area (Å²) in [6, 6.07) is 10.7. The summed E-state index contributed by atoms with van der Waals surface area (Å²) in [6.45, 7) is 0.572. The van der Waals surface area contributed by atoms with E-state index >= 15 is 0 Å². The minimum Gasteiger partial charge on any atom is -0.288 e. The van der Waals surface area contributed by atoms with Gasteiger partial charge in [-0.1, -0.05) is 12.1 Å². The first-order valence-electron chi connectivity index (χ1n) is 8.95. The fraction of sp³-hybridized carbons (Fsp3) is 0.143. The van der Waals surface area contributed by atoms with Crippen molar-refractivity contribution >= 4 is 17.9 Å². The molecule has 0 radical (unpaired) electrons. The molecule has 0 saturated carbocycles. The number of rotatable bonds is 8. The lowest BCUT2D eigenvalue weighted by molar-refractivity contribution is 0.0706. The van der Waals surface area contributed by atoms with Crippen molar-refractivity contribution in [1.82, 2.24) is 14.8 Å². The molecule has 0 bridgehead atoms. The first-order valence-corrected chi connectivity index (χ1v) is 9.72. The van der Waals surface area contributed by atoms with Gasteiger partial charge in [0.05, 0.1) is 0 Å². The lowest BCUT2D eigenvalue weighted by Crippen LogP contribution is -2.21. The molecule has 156 valence electrons. The van der Waals surface area contributed by atoms with Gasteiger partial charge in [-0.05, 0) is 54.3 Å². The quantitative estimate of drug-likeness (QED) is 0.314. The van der Waals surface area contributed by atoms with Gasteiger partial charge in [0.15, 0.2) is 0 Å². The van der Waals surface area contributed by atoms with Crippen LogP contribution < -0.4 is 5.48 Å². The highest BCUT2D eigenvalue weighted by molar-refractivity contribution is 7.97. The minimum atomic E-state index is -0.821. The van der Waals surface area contributed by atoms with Crippen molar-refractivity contribution in [2.24, 2.45) is 0 Å². The Morgan fingerprint density at radius 1 is 1.10 bits per heavy atom. The Morgan fingerprint density at radius 2 is 1.87 bits per heavy atom. The molecule has 0 aliphatic heterocycles. The van der Waals surface area contributed by atoms with Crippen molar-refractivity contribution in [3.63, 3.8) is 0 Å². The molecule has 30 heavy (non-hydrogen) atoms. The van der Waals surface area contributed by atoms with Gasteiger partial charge in [0, 0.05) is 47.6 Å². The number of aromatic nitrogens is 1. The molecule has 0 aliphatic rings. The molecule has 2 N–H and O–H groups in total. The normalized spacial score (nSPS) is 11.0. The highest BCUT2D eigenvalue weighted by atomic mass is 32.2. The maximum Gasteiger partial charge on any atom is 0.274 e. The molecular weight excluding hydrogens is 415 g/mol. The molecule has 0 atom stereocenters. The number of amides is 1. The topological polar surface area (TPSA) is 65.5 Å². The summed E-state index contributed by atoms with van der Waals surface area (Å²) < 4.78 is 43.4. The zero-order chi connectivity index (χ0) is 21.5. The van der Waals surface area contributed by atoms with E-state index in [9.17, 15) is 18.0 Å². The van der Waals surface area contributed by atoms with Crippen LogP contribution in [0.15, 0.2) is 65.8 Å². The van der Waals surface area contributed by atoms with Gasteiger partial charge < -0.3 is 0 Å². The van der Waals surface area contributed by atoms with Gasteiger partial charge in [0.25, 0.3) is 5.91 Å². The number of hydrogen-bond donors (Lipinski definition) is 2. The van der Waals surface area contributed by atoms with Gasteiger partial charge in [-0.25, -0.2) is 23.0 Å². The van der Waals surface area contributed by atoms with Crippen molar-refractivity contribution in [3.8, 4) is 0 Å². The number of hydrogen-bond acceptors (Lipinski definition) is 5. The lowest BCUT2D eigenvalue weighted by Gasteiger charge is -2.22. The molecule has 0 aliphatic carbocycles. The van der Waals surface area contributed by atoms with E-state index < -0.39 is 23.4 Å². The largest absolute Gasteiger partial charge is 0.288 e. The molecule has 1 heterocycles. The predicted molar refractivity (Wildman–Crippen MR) is 106 cm³/mol. The Balaban J connectivity index is 1.80. The second-order valence-corrected chi connectivity index (χ2v) is 7.59. The number of nitrogens with one attached hydrogen (secondary N) is 1. The van der Waals surface area contributed by atoms with Crippen LogP contribution in [-0.4, -0.2) is 26.9 Å². The third-order valence-electron chi connectivity index (χ3n) is 4.21. The number of halogens is 3. The molecule has 1 amide bonds. The van der Waals surface area contributed by atoms with E-state index in [1.807, 2.05) is 6.07 Å². The zero-order valence-electron chi connectivity index (χ0n) is 15.7. The molecule has 3 rings (SSSR count). The van der Waals surface area contributed by atoms with Crippen molar-refractivity contribution < 1.29 is 23.2 Å². The number of benzene rings is 2. The number of carbonyl (C=O) groups excluding carboxylic acids is 1. The average molecular weight is 433 g/mol. The summed E-state index contributed by atoms with van der Waals surface area (Å²) in [6.07, 6.45) is 3.96. The Kier molecular flexibility index (Phi) is 7.45. The van der Waals surface area contributed by atoms with Crippen LogP contribution in [0.4, 0.5) is 13.2 Å². The molecular formula is C21H18F3N3O2S. The third-order valence-corrected chi connectivity index (χ3v) is 5.22. The molecule has 0 spiro atoms. The number of nitrogens with zero attached hydrogens (tertiary/aromatic N) is 2. The Bertz CT molecular complexity index is 1000. The minimum absolute atomic E-state index is 0.0273. The summed E-state index contributed by atoms with van der Waals surface area (Å²) in [4.78, 5) is 15.8. The molecule has 0 fully saturated rings. The molecule has 0 unspecified atom stereocenters. The van der Waals surface area contributed by atoms with Crippen LogP contribution in [-0.2, 0) is 13.0 Å². The average Bonchev–Trinajstić information content (AvgIpc) is 2.72. The lowest BCUT2D eigenvalue weighted by atomic mass is 10.1.